The molecule has 2 aromatic rings. The van der Waals surface area contributed by atoms with E-state index in [1.807, 2.05) is 37.4 Å². The highest BCUT2D eigenvalue weighted by atomic mass is 32.2. The van der Waals surface area contributed by atoms with Crippen molar-refractivity contribution < 1.29 is 9.72 Å². The van der Waals surface area contributed by atoms with Crippen LogP contribution in [-0.4, -0.2) is 42.4 Å². The summed E-state index contributed by atoms with van der Waals surface area (Å²) in [6.45, 7) is 2.23. The van der Waals surface area contributed by atoms with Crippen molar-refractivity contribution >= 4 is 23.4 Å². The van der Waals surface area contributed by atoms with Crippen molar-refractivity contribution in [2.75, 3.05) is 26.7 Å². The standard InChI is InChI=1S/C19H21N3O3S/c1-20-12-14-9-10-21(13-14)19(23)17-11-15(22(24)25)7-8-18(17)26-16-5-3-2-4-6-16/h2-8,11,14,20H,9-10,12-13H2,1H3. The van der Waals surface area contributed by atoms with E-state index < -0.39 is 4.92 Å². The summed E-state index contributed by atoms with van der Waals surface area (Å²) >= 11 is 1.45. The molecule has 1 atom stereocenters. The molecule has 1 fully saturated rings. The van der Waals surface area contributed by atoms with E-state index in [2.05, 4.69) is 5.32 Å². The lowest BCUT2D eigenvalue weighted by atomic mass is 10.1. The smallest absolute Gasteiger partial charge is 0.270 e. The van der Waals surface area contributed by atoms with Gasteiger partial charge in [0.15, 0.2) is 0 Å². The molecule has 1 unspecified atom stereocenters. The number of amides is 1. The van der Waals surface area contributed by atoms with Crippen molar-refractivity contribution in [3.8, 4) is 0 Å². The van der Waals surface area contributed by atoms with Gasteiger partial charge >= 0.3 is 0 Å². The van der Waals surface area contributed by atoms with Gasteiger partial charge in [-0.15, -0.1) is 0 Å². The van der Waals surface area contributed by atoms with Crippen LogP contribution in [0, 0.1) is 16.0 Å². The first-order valence-corrected chi connectivity index (χ1v) is 9.35. The normalized spacial score (nSPS) is 16.7. The summed E-state index contributed by atoms with van der Waals surface area (Å²) in [5.74, 6) is 0.290. The van der Waals surface area contributed by atoms with Gasteiger partial charge < -0.3 is 10.2 Å². The molecule has 1 N–H and O–H groups in total. The monoisotopic (exact) mass is 371 g/mol. The maximum absolute atomic E-state index is 13.1. The van der Waals surface area contributed by atoms with Crippen LogP contribution in [0.4, 0.5) is 5.69 Å². The van der Waals surface area contributed by atoms with Gasteiger partial charge in [-0.1, -0.05) is 30.0 Å². The van der Waals surface area contributed by atoms with E-state index in [-0.39, 0.29) is 11.6 Å². The second-order valence-electron chi connectivity index (χ2n) is 6.32. The molecule has 26 heavy (non-hydrogen) atoms. The Morgan fingerprint density at radius 3 is 2.77 bits per heavy atom. The number of carbonyl (C=O) groups excluding carboxylic acids is 1. The van der Waals surface area contributed by atoms with Gasteiger partial charge in [0.25, 0.3) is 11.6 Å². The van der Waals surface area contributed by atoms with Crippen LogP contribution >= 0.6 is 11.8 Å². The summed E-state index contributed by atoms with van der Waals surface area (Å²) in [5, 5.41) is 14.3. The Balaban J connectivity index is 1.88. The summed E-state index contributed by atoms with van der Waals surface area (Å²) in [6.07, 6.45) is 0.947. The molecule has 2 aromatic carbocycles. The molecule has 0 radical (unpaired) electrons. The molecule has 0 spiro atoms. The highest BCUT2D eigenvalue weighted by Gasteiger charge is 2.29. The average molecular weight is 371 g/mol. The first-order valence-electron chi connectivity index (χ1n) is 8.53. The van der Waals surface area contributed by atoms with Crippen molar-refractivity contribution in [3.05, 3.63) is 64.2 Å². The summed E-state index contributed by atoms with van der Waals surface area (Å²) in [6, 6.07) is 14.2. The average Bonchev–Trinajstić information content (AvgIpc) is 3.11. The van der Waals surface area contributed by atoms with Gasteiger partial charge in [-0.25, -0.2) is 0 Å². The van der Waals surface area contributed by atoms with Gasteiger partial charge in [0.05, 0.1) is 10.5 Å². The zero-order chi connectivity index (χ0) is 18.5. The largest absolute Gasteiger partial charge is 0.338 e. The van der Waals surface area contributed by atoms with Gasteiger partial charge in [0.2, 0.25) is 0 Å². The van der Waals surface area contributed by atoms with Crippen LogP contribution < -0.4 is 5.32 Å². The molecule has 7 heteroatoms. The Hall–Kier alpha value is -2.38. The molecule has 3 rings (SSSR count). The zero-order valence-electron chi connectivity index (χ0n) is 14.6. The van der Waals surface area contributed by atoms with Gasteiger partial charge in [0, 0.05) is 35.0 Å². The lowest BCUT2D eigenvalue weighted by Crippen LogP contribution is -2.30. The number of hydrogen-bond acceptors (Lipinski definition) is 5. The second kappa shape index (κ2) is 8.33. The van der Waals surface area contributed by atoms with E-state index in [0.717, 1.165) is 22.8 Å². The van der Waals surface area contributed by atoms with Gasteiger partial charge in [-0.3, -0.25) is 14.9 Å². The van der Waals surface area contributed by atoms with Crippen molar-refractivity contribution in [2.45, 2.75) is 16.2 Å². The highest BCUT2D eigenvalue weighted by molar-refractivity contribution is 7.99. The molecule has 1 aliphatic rings. The number of carbonyl (C=O) groups is 1. The quantitative estimate of drug-likeness (QED) is 0.622. The number of nitro benzene ring substituents is 1. The van der Waals surface area contributed by atoms with Crippen LogP contribution in [0.5, 0.6) is 0 Å². The van der Waals surface area contributed by atoms with Crippen molar-refractivity contribution in [1.29, 1.82) is 0 Å². The van der Waals surface area contributed by atoms with Crippen molar-refractivity contribution in [2.24, 2.45) is 5.92 Å². The Kier molecular flexibility index (Phi) is 5.90. The zero-order valence-corrected chi connectivity index (χ0v) is 15.4. The van der Waals surface area contributed by atoms with Crippen LogP contribution in [0.1, 0.15) is 16.8 Å². The third kappa shape index (κ3) is 4.23. The van der Waals surface area contributed by atoms with E-state index in [4.69, 9.17) is 0 Å². The molecule has 1 heterocycles. The van der Waals surface area contributed by atoms with Gasteiger partial charge in [0.1, 0.15) is 0 Å². The minimum Gasteiger partial charge on any atom is -0.338 e. The lowest BCUT2D eigenvalue weighted by Gasteiger charge is -2.18. The third-order valence-corrected chi connectivity index (χ3v) is 5.53. The number of rotatable bonds is 6. The fourth-order valence-corrected chi connectivity index (χ4v) is 4.09. The fraction of sp³-hybridized carbons (Fsp3) is 0.316. The number of non-ortho nitro benzene ring substituents is 1. The van der Waals surface area contributed by atoms with Crippen LogP contribution in [-0.2, 0) is 0 Å². The van der Waals surface area contributed by atoms with Crippen LogP contribution in [0.2, 0.25) is 0 Å². The first kappa shape index (κ1) is 18.4. The first-order chi connectivity index (χ1) is 12.6. The summed E-state index contributed by atoms with van der Waals surface area (Å²) in [7, 11) is 1.90. The molecule has 0 saturated carbocycles. The van der Waals surface area contributed by atoms with E-state index in [1.165, 1.54) is 23.9 Å². The van der Waals surface area contributed by atoms with Crippen molar-refractivity contribution in [1.82, 2.24) is 10.2 Å². The van der Waals surface area contributed by atoms with Crippen LogP contribution in [0.15, 0.2) is 58.3 Å². The molecule has 1 saturated heterocycles. The molecule has 0 aliphatic carbocycles. The Morgan fingerprint density at radius 2 is 2.08 bits per heavy atom. The summed E-state index contributed by atoms with van der Waals surface area (Å²) in [5.41, 5.74) is 0.342. The number of nitrogens with zero attached hydrogens (tertiary/aromatic N) is 2. The van der Waals surface area contributed by atoms with Gasteiger partial charge in [-0.2, -0.15) is 0 Å². The SMILES string of the molecule is CNCC1CCN(C(=O)c2cc([N+](=O)[O-])ccc2Sc2ccccc2)C1. The molecular weight excluding hydrogens is 350 g/mol. The Bertz CT molecular complexity index is 798. The summed E-state index contributed by atoms with van der Waals surface area (Å²) < 4.78 is 0. The van der Waals surface area contributed by atoms with Crippen LogP contribution in [0.25, 0.3) is 0 Å². The second-order valence-corrected chi connectivity index (χ2v) is 7.43. The fourth-order valence-electron chi connectivity index (χ4n) is 3.15. The van der Waals surface area contributed by atoms with E-state index in [0.29, 0.717) is 24.6 Å². The maximum atomic E-state index is 13.1. The van der Waals surface area contributed by atoms with E-state index >= 15 is 0 Å². The molecule has 0 aromatic heterocycles. The molecule has 0 bridgehead atoms. The Morgan fingerprint density at radius 1 is 1.31 bits per heavy atom. The maximum Gasteiger partial charge on any atom is 0.270 e. The number of nitro groups is 1. The van der Waals surface area contributed by atoms with E-state index in [9.17, 15) is 14.9 Å². The minimum atomic E-state index is -0.457. The predicted octanol–water partition coefficient (Wildman–Crippen LogP) is 3.43. The molecule has 136 valence electrons. The molecule has 1 amide bonds. The van der Waals surface area contributed by atoms with Crippen molar-refractivity contribution in [3.63, 3.8) is 0 Å². The predicted molar refractivity (Wildman–Crippen MR) is 102 cm³/mol. The number of benzene rings is 2. The summed E-state index contributed by atoms with van der Waals surface area (Å²) in [4.78, 5) is 27.3. The molecular formula is C19H21N3O3S. The topological polar surface area (TPSA) is 75.5 Å². The van der Waals surface area contributed by atoms with Crippen LogP contribution in [0.3, 0.4) is 0 Å². The number of nitrogens with one attached hydrogen (secondary N) is 1. The van der Waals surface area contributed by atoms with E-state index in [1.54, 1.807) is 11.0 Å². The molecule has 1 aliphatic heterocycles. The number of hydrogen-bond donors (Lipinski definition) is 1. The highest BCUT2D eigenvalue weighted by Crippen LogP contribution is 2.34. The number of likely N-dealkylation sites (tertiary alicyclic amines) is 1. The lowest BCUT2D eigenvalue weighted by molar-refractivity contribution is -0.384. The molecule has 6 nitrogen and oxygen atoms in total. The Labute approximate surface area is 156 Å². The van der Waals surface area contributed by atoms with Gasteiger partial charge in [-0.05, 0) is 44.1 Å². The minimum absolute atomic E-state index is 0.0586. The third-order valence-electron chi connectivity index (χ3n) is 4.44.